The predicted octanol–water partition coefficient (Wildman–Crippen LogP) is 7.11. The lowest BCUT2D eigenvalue weighted by Crippen LogP contribution is -2.50. The molecule has 0 spiro atoms. The molecule has 4 heterocycles. The summed E-state index contributed by atoms with van der Waals surface area (Å²) in [4.78, 5) is 77.2. The SMILES string of the molecule is COc1cc2c(cc1OCCCCCOc1cc3c(cc1OCCCNC(=O)OCc1ccc(NC(=O)[C@H](C)NC(=O)[C@@H](N)C(C)C)cc1)C(=O)N1C=C(C)C[C@H]1C=N3)N=C[C@@H]1CC(C)=CN1C2=O. The number of ether oxygens (including phenoxy) is 5. The summed E-state index contributed by atoms with van der Waals surface area (Å²) in [5.74, 6) is 0.660. The molecule has 366 valence electrons. The van der Waals surface area contributed by atoms with Crippen molar-refractivity contribution in [1.82, 2.24) is 20.4 Å². The van der Waals surface area contributed by atoms with E-state index in [1.54, 1.807) is 78.6 Å². The molecule has 3 aromatic rings. The van der Waals surface area contributed by atoms with Crippen molar-refractivity contribution in [2.45, 2.75) is 104 Å². The zero-order valence-corrected chi connectivity index (χ0v) is 40.0. The first-order valence-corrected chi connectivity index (χ1v) is 23.4. The zero-order chi connectivity index (χ0) is 49.2. The molecule has 0 radical (unpaired) electrons. The summed E-state index contributed by atoms with van der Waals surface area (Å²) in [6.45, 7) is 10.5. The molecule has 0 bridgehead atoms. The Labute approximate surface area is 402 Å². The van der Waals surface area contributed by atoms with Crippen LogP contribution in [0, 0.1) is 5.92 Å². The van der Waals surface area contributed by atoms with Gasteiger partial charge in [-0.3, -0.25) is 29.2 Å². The summed E-state index contributed by atoms with van der Waals surface area (Å²) in [6.07, 6.45) is 10.8. The third-order valence-corrected chi connectivity index (χ3v) is 12.1. The number of hydrogen-bond acceptors (Lipinski definition) is 13. The van der Waals surface area contributed by atoms with Crippen LogP contribution >= 0.6 is 0 Å². The smallest absolute Gasteiger partial charge is 0.407 e. The van der Waals surface area contributed by atoms with Gasteiger partial charge in [0.25, 0.3) is 11.8 Å². The van der Waals surface area contributed by atoms with Gasteiger partial charge in [0.2, 0.25) is 11.8 Å². The molecule has 5 N–H and O–H groups in total. The van der Waals surface area contributed by atoms with E-state index in [-0.39, 0.29) is 49.6 Å². The van der Waals surface area contributed by atoms with Crippen molar-refractivity contribution in [3.63, 3.8) is 0 Å². The normalized spacial score (nSPS) is 17.6. The minimum Gasteiger partial charge on any atom is -0.493 e. The van der Waals surface area contributed by atoms with Gasteiger partial charge < -0.3 is 55.2 Å². The van der Waals surface area contributed by atoms with E-state index in [0.29, 0.717) is 89.2 Å². The number of anilines is 1. The molecule has 4 aliphatic heterocycles. The van der Waals surface area contributed by atoms with Crippen LogP contribution in [0.5, 0.6) is 23.0 Å². The summed E-state index contributed by atoms with van der Waals surface area (Å²) in [5.41, 5.74) is 11.2. The van der Waals surface area contributed by atoms with E-state index in [2.05, 4.69) is 25.9 Å². The van der Waals surface area contributed by atoms with Gasteiger partial charge in [-0.2, -0.15) is 0 Å². The molecule has 3 aromatic carbocycles. The van der Waals surface area contributed by atoms with Crippen molar-refractivity contribution >= 4 is 59.2 Å². The van der Waals surface area contributed by atoms with Gasteiger partial charge in [0.15, 0.2) is 23.0 Å². The van der Waals surface area contributed by atoms with Crippen molar-refractivity contribution in [2.24, 2.45) is 21.6 Å². The van der Waals surface area contributed by atoms with E-state index in [9.17, 15) is 24.0 Å². The van der Waals surface area contributed by atoms with E-state index >= 15 is 0 Å². The Kier molecular flexibility index (Phi) is 16.4. The number of fused-ring (bicyclic) bond motifs is 4. The first kappa shape index (κ1) is 49.7. The molecule has 0 aromatic heterocycles. The number of carbonyl (C=O) groups is 5. The predicted molar refractivity (Wildman–Crippen MR) is 261 cm³/mol. The maximum atomic E-state index is 13.7. The molecule has 5 amide bonds. The molecule has 7 rings (SSSR count). The van der Waals surface area contributed by atoms with Gasteiger partial charge in [-0.05, 0) is 95.0 Å². The number of amides is 5. The third-order valence-electron chi connectivity index (χ3n) is 12.1. The molecule has 4 aliphatic rings. The number of hydrogen-bond donors (Lipinski definition) is 4. The molecule has 69 heavy (non-hydrogen) atoms. The standard InChI is InChI=1S/C51H62N8O10/c1-30(2)46(52)48(61)56-33(5)47(60)57-35-13-11-34(12-14-35)29-69-51(64)53-15-10-18-68-43-22-39-41(55-26-37-20-32(4)28-59(37)50(39)63)24-45(43)67-17-9-7-8-16-66-44-23-40-38(21-42(44)65-6)49(62)58-27-31(3)19-36(58)25-54-40/h11-14,21-28,30,33,36-37,46H,7-10,15-20,29,52H2,1-6H3,(H,53,64)(H,56,61)(H,57,60)/t33-,36-,37-,46-/m0/s1. The fourth-order valence-corrected chi connectivity index (χ4v) is 8.06. The van der Waals surface area contributed by atoms with Crippen LogP contribution in [0.2, 0.25) is 0 Å². The molecule has 0 fully saturated rings. The number of alkyl carbamates (subject to hydrolysis) is 1. The summed E-state index contributed by atoms with van der Waals surface area (Å²) in [7, 11) is 1.55. The van der Waals surface area contributed by atoms with Crippen LogP contribution in [0.15, 0.2) is 82.1 Å². The Bertz CT molecular complexity index is 2540. The van der Waals surface area contributed by atoms with Crippen LogP contribution in [0.3, 0.4) is 0 Å². The Morgan fingerprint density at radius 1 is 0.725 bits per heavy atom. The van der Waals surface area contributed by atoms with E-state index < -0.39 is 30.0 Å². The number of benzene rings is 3. The number of nitrogens with zero attached hydrogens (tertiary/aromatic N) is 4. The van der Waals surface area contributed by atoms with Gasteiger partial charge in [0, 0.05) is 49.2 Å². The first-order chi connectivity index (χ1) is 33.2. The molecule has 18 heteroatoms. The minimum atomic E-state index is -0.789. The maximum absolute atomic E-state index is 13.7. The summed E-state index contributed by atoms with van der Waals surface area (Å²) >= 11 is 0. The lowest BCUT2D eigenvalue weighted by Gasteiger charge is -2.19. The van der Waals surface area contributed by atoms with Gasteiger partial charge in [-0.25, -0.2) is 4.79 Å². The third kappa shape index (κ3) is 12.5. The summed E-state index contributed by atoms with van der Waals surface area (Å²) < 4.78 is 29.6. The minimum absolute atomic E-state index is 0.00160. The van der Waals surface area contributed by atoms with Crippen LogP contribution in [0.4, 0.5) is 21.9 Å². The number of nitrogens with one attached hydrogen (secondary N) is 3. The Balaban J connectivity index is 0.867. The monoisotopic (exact) mass is 946 g/mol. The van der Waals surface area contributed by atoms with Crippen molar-refractivity contribution in [2.75, 3.05) is 38.8 Å². The maximum Gasteiger partial charge on any atom is 0.407 e. The molecule has 0 saturated carbocycles. The quantitative estimate of drug-likeness (QED) is 0.0787. The highest BCUT2D eigenvalue weighted by Gasteiger charge is 2.34. The molecule has 0 unspecified atom stereocenters. The number of rotatable bonds is 21. The molecule has 0 saturated heterocycles. The van der Waals surface area contributed by atoms with Crippen LogP contribution in [0.25, 0.3) is 0 Å². The van der Waals surface area contributed by atoms with Crippen LogP contribution < -0.4 is 40.6 Å². The number of aliphatic imine (C=N–C) groups is 2. The molecular formula is C51H62N8O10. The topological polar surface area (TPSA) is 225 Å². The second-order valence-corrected chi connectivity index (χ2v) is 18.0. The highest BCUT2D eigenvalue weighted by molar-refractivity contribution is 6.05. The average Bonchev–Trinajstić information content (AvgIpc) is 3.85. The Hall–Kier alpha value is -7.21. The van der Waals surface area contributed by atoms with Crippen molar-refractivity contribution < 1.29 is 47.7 Å². The Morgan fingerprint density at radius 3 is 1.80 bits per heavy atom. The lowest BCUT2D eigenvalue weighted by molar-refractivity contribution is -0.127. The van der Waals surface area contributed by atoms with E-state index in [1.807, 2.05) is 46.3 Å². The van der Waals surface area contributed by atoms with E-state index in [1.165, 1.54) is 0 Å². The van der Waals surface area contributed by atoms with Crippen molar-refractivity contribution in [1.29, 1.82) is 0 Å². The van der Waals surface area contributed by atoms with E-state index in [0.717, 1.165) is 30.4 Å². The Morgan fingerprint density at radius 2 is 1.25 bits per heavy atom. The largest absolute Gasteiger partial charge is 0.493 e. The fourth-order valence-electron chi connectivity index (χ4n) is 8.06. The van der Waals surface area contributed by atoms with Gasteiger partial charge in [0.05, 0.1) is 67.6 Å². The highest BCUT2D eigenvalue weighted by Crippen LogP contribution is 2.40. The van der Waals surface area contributed by atoms with Crippen LogP contribution in [0.1, 0.15) is 99.4 Å². The summed E-state index contributed by atoms with van der Waals surface area (Å²) in [6, 6.07) is 11.9. The number of carbonyl (C=O) groups excluding carboxylic acids is 5. The van der Waals surface area contributed by atoms with Gasteiger partial charge in [0.1, 0.15) is 12.6 Å². The second kappa shape index (κ2) is 22.7. The van der Waals surface area contributed by atoms with Crippen molar-refractivity contribution in [3.05, 3.63) is 88.8 Å². The number of nitrogens with two attached hydrogens (primary N) is 1. The van der Waals surface area contributed by atoms with Crippen LogP contribution in [-0.4, -0.2) is 110 Å². The van der Waals surface area contributed by atoms with Gasteiger partial charge in [-0.1, -0.05) is 37.1 Å². The van der Waals surface area contributed by atoms with Gasteiger partial charge in [-0.15, -0.1) is 0 Å². The van der Waals surface area contributed by atoms with E-state index in [4.69, 9.17) is 29.4 Å². The number of methoxy groups -OCH3 is 1. The first-order valence-electron chi connectivity index (χ1n) is 23.4. The van der Waals surface area contributed by atoms with Crippen LogP contribution in [-0.2, 0) is 20.9 Å². The molecule has 18 nitrogen and oxygen atoms in total. The molecule has 4 atom stereocenters. The average molecular weight is 947 g/mol. The highest BCUT2D eigenvalue weighted by atomic mass is 16.5. The molecular weight excluding hydrogens is 885 g/mol. The van der Waals surface area contributed by atoms with Crippen molar-refractivity contribution in [3.8, 4) is 23.0 Å². The molecule has 0 aliphatic carbocycles. The van der Waals surface area contributed by atoms with Gasteiger partial charge >= 0.3 is 6.09 Å². The fraction of sp³-hybridized carbons (Fsp3) is 0.431. The lowest BCUT2D eigenvalue weighted by atomic mass is 10.0. The summed E-state index contributed by atoms with van der Waals surface area (Å²) in [5, 5.41) is 8.11. The zero-order valence-electron chi connectivity index (χ0n) is 40.0. The number of unbranched alkanes of at least 4 members (excludes halogenated alkanes) is 2. The second-order valence-electron chi connectivity index (χ2n) is 18.0.